The molecular weight excluding hydrogens is 241 g/mol. The second-order valence-electron chi connectivity index (χ2n) is 2.86. The molecule has 2 aromatic rings. The predicted octanol–water partition coefficient (Wildman–Crippen LogP) is -0.992. The topological polar surface area (TPSA) is 41.6 Å². The van der Waals surface area contributed by atoms with Crippen LogP contribution in [0.25, 0.3) is 10.9 Å². The van der Waals surface area contributed by atoms with E-state index in [4.69, 9.17) is 29.5 Å². The third kappa shape index (κ3) is 1.99. The largest absolute Gasteiger partial charge is 1.00 e. The molecule has 0 fully saturated rings. The Hall–Kier alpha value is -0.310. The van der Waals surface area contributed by atoms with E-state index < -0.39 is 0 Å². The van der Waals surface area contributed by atoms with Gasteiger partial charge in [-0.25, -0.2) is 0 Å². The Bertz CT molecular complexity index is 558. The molecule has 0 aliphatic rings. The molecule has 0 spiro atoms. The first kappa shape index (κ1) is 12.8. The molecule has 0 unspecified atom stereocenters. The minimum Gasteiger partial charge on any atom is -0.778 e. The van der Waals surface area contributed by atoms with Crippen molar-refractivity contribution in [3.63, 3.8) is 0 Å². The second-order valence-corrected chi connectivity index (χ2v) is 3.67. The van der Waals surface area contributed by atoms with Crippen LogP contribution in [0.1, 0.15) is 5.69 Å². The normalized spacial score (nSPS) is 9.67. The standard InChI is InChI=1S/C9H6ClN3S.Na/c1-13-6(4-11)8-5(12-13)2-3-7(14)9(8)10;/h2-3,14H,1H3;/q;+1/p-1. The monoisotopic (exact) mass is 245 g/mol. The molecule has 0 aliphatic heterocycles. The number of halogens is 1. The average molecular weight is 246 g/mol. The van der Waals surface area contributed by atoms with E-state index in [0.717, 1.165) is 0 Å². The van der Waals surface area contributed by atoms with Gasteiger partial charge in [0.25, 0.3) is 0 Å². The zero-order valence-corrected chi connectivity index (χ0v) is 11.9. The van der Waals surface area contributed by atoms with Crippen LogP contribution in [0.2, 0.25) is 5.02 Å². The van der Waals surface area contributed by atoms with Gasteiger partial charge < -0.3 is 12.6 Å². The van der Waals surface area contributed by atoms with E-state index in [2.05, 4.69) is 11.2 Å². The molecule has 1 heterocycles. The Morgan fingerprint density at radius 3 is 2.80 bits per heavy atom. The Balaban J connectivity index is 0.00000112. The van der Waals surface area contributed by atoms with Gasteiger partial charge in [-0.05, 0) is 6.07 Å². The number of rotatable bonds is 0. The van der Waals surface area contributed by atoms with Gasteiger partial charge in [0.05, 0.1) is 10.9 Å². The molecule has 1 aromatic carbocycles. The van der Waals surface area contributed by atoms with Crippen LogP contribution in [0.3, 0.4) is 0 Å². The van der Waals surface area contributed by atoms with Gasteiger partial charge in [-0.3, -0.25) is 4.68 Å². The van der Waals surface area contributed by atoms with Gasteiger partial charge in [0.15, 0.2) is 0 Å². The van der Waals surface area contributed by atoms with E-state index in [0.29, 0.717) is 26.5 Å². The Kier molecular flexibility index (Phi) is 3.99. The first-order chi connectivity index (χ1) is 6.65. The third-order valence-electron chi connectivity index (χ3n) is 2.01. The summed E-state index contributed by atoms with van der Waals surface area (Å²) in [5, 5.41) is 14.1. The van der Waals surface area contributed by atoms with Crippen molar-refractivity contribution in [3.8, 4) is 6.07 Å². The summed E-state index contributed by atoms with van der Waals surface area (Å²) in [6.07, 6.45) is 0. The van der Waals surface area contributed by atoms with Crippen LogP contribution >= 0.6 is 11.6 Å². The molecule has 3 nitrogen and oxygen atoms in total. The molecule has 6 heteroatoms. The zero-order valence-electron chi connectivity index (χ0n) is 8.28. The van der Waals surface area contributed by atoms with Crippen LogP contribution in [0, 0.1) is 11.3 Å². The number of nitrogens with zero attached hydrogens (tertiary/aromatic N) is 3. The molecule has 0 N–H and O–H groups in total. The van der Waals surface area contributed by atoms with E-state index in [1.165, 1.54) is 4.68 Å². The maximum Gasteiger partial charge on any atom is 1.00 e. The average Bonchev–Trinajstić information content (AvgIpc) is 2.48. The molecule has 0 saturated heterocycles. The molecule has 0 radical (unpaired) electrons. The minimum atomic E-state index is 0. The van der Waals surface area contributed by atoms with Crippen molar-refractivity contribution in [1.82, 2.24) is 9.78 Å². The summed E-state index contributed by atoms with van der Waals surface area (Å²) in [6, 6.07) is 5.54. The van der Waals surface area contributed by atoms with Gasteiger partial charge in [-0.1, -0.05) is 17.7 Å². The zero-order chi connectivity index (χ0) is 10.3. The maximum atomic E-state index is 8.92. The second kappa shape index (κ2) is 4.69. The summed E-state index contributed by atoms with van der Waals surface area (Å²) in [4.78, 5) is 0.545. The fraction of sp³-hybridized carbons (Fsp3) is 0.111. The maximum absolute atomic E-state index is 8.92. The Morgan fingerprint density at radius 1 is 1.53 bits per heavy atom. The van der Waals surface area contributed by atoms with E-state index in [-0.39, 0.29) is 29.6 Å². The van der Waals surface area contributed by atoms with Crippen molar-refractivity contribution in [1.29, 1.82) is 5.26 Å². The first-order valence-corrected chi connectivity index (χ1v) is 4.66. The molecule has 0 aliphatic carbocycles. The predicted molar refractivity (Wildman–Crippen MR) is 56.1 cm³/mol. The number of benzene rings is 1. The van der Waals surface area contributed by atoms with Crippen molar-refractivity contribution in [2.75, 3.05) is 0 Å². The number of aryl methyl sites for hydroxylation is 1. The summed E-state index contributed by atoms with van der Waals surface area (Å²) < 4.78 is 1.51. The van der Waals surface area contributed by atoms with E-state index in [1.807, 2.05) is 0 Å². The first-order valence-electron chi connectivity index (χ1n) is 3.87. The van der Waals surface area contributed by atoms with Crippen LogP contribution in [-0.2, 0) is 19.7 Å². The van der Waals surface area contributed by atoms with Crippen molar-refractivity contribution in [3.05, 3.63) is 22.8 Å². The summed E-state index contributed by atoms with van der Waals surface area (Å²) >= 11 is 11.0. The number of nitriles is 1. The van der Waals surface area contributed by atoms with Crippen LogP contribution in [-0.4, -0.2) is 9.78 Å². The fourth-order valence-corrected chi connectivity index (χ4v) is 1.78. The quantitative estimate of drug-likeness (QED) is 0.442. The number of aromatic nitrogens is 2. The molecule has 0 amide bonds. The summed E-state index contributed by atoms with van der Waals surface area (Å²) in [7, 11) is 1.71. The van der Waals surface area contributed by atoms with E-state index in [1.54, 1.807) is 19.2 Å². The molecule has 0 atom stereocenters. The van der Waals surface area contributed by atoms with Gasteiger partial charge in [-0.15, -0.1) is 0 Å². The molecule has 1 aromatic heterocycles. The summed E-state index contributed by atoms with van der Waals surface area (Å²) in [5.41, 5.74) is 1.14. The van der Waals surface area contributed by atoms with E-state index in [9.17, 15) is 0 Å². The molecule has 70 valence electrons. The van der Waals surface area contributed by atoms with Gasteiger partial charge in [0.1, 0.15) is 11.8 Å². The van der Waals surface area contributed by atoms with Crippen LogP contribution in [0.15, 0.2) is 17.0 Å². The fourth-order valence-electron chi connectivity index (χ4n) is 1.36. The number of hydrogen-bond donors (Lipinski definition) is 0. The molecular formula is C9H5ClN3NaS. The Morgan fingerprint density at radius 2 is 2.20 bits per heavy atom. The SMILES string of the molecule is Cn1nc2ccc([S-])c(Cl)c2c1C#N.[Na+]. The molecule has 15 heavy (non-hydrogen) atoms. The van der Waals surface area contributed by atoms with Crippen LogP contribution in [0.5, 0.6) is 0 Å². The number of hydrogen-bond acceptors (Lipinski definition) is 3. The van der Waals surface area contributed by atoms with Crippen LogP contribution < -0.4 is 29.6 Å². The van der Waals surface area contributed by atoms with Gasteiger partial charge in [0.2, 0.25) is 0 Å². The molecule has 0 bridgehead atoms. The van der Waals surface area contributed by atoms with Gasteiger partial charge in [0, 0.05) is 12.1 Å². The smallest absolute Gasteiger partial charge is 0.778 e. The minimum absolute atomic E-state index is 0. The van der Waals surface area contributed by atoms with Crippen molar-refractivity contribution < 1.29 is 29.6 Å². The van der Waals surface area contributed by atoms with Crippen molar-refractivity contribution in [2.24, 2.45) is 7.05 Å². The van der Waals surface area contributed by atoms with Crippen molar-refractivity contribution in [2.45, 2.75) is 4.90 Å². The summed E-state index contributed by atoms with van der Waals surface area (Å²) in [5.74, 6) is 0. The summed E-state index contributed by atoms with van der Waals surface area (Å²) in [6.45, 7) is 0. The Labute approximate surface area is 120 Å². The van der Waals surface area contributed by atoms with Crippen LogP contribution in [0.4, 0.5) is 0 Å². The van der Waals surface area contributed by atoms with Gasteiger partial charge >= 0.3 is 29.6 Å². The van der Waals surface area contributed by atoms with Crippen molar-refractivity contribution >= 4 is 35.1 Å². The molecule has 2 rings (SSSR count). The van der Waals surface area contributed by atoms with E-state index >= 15 is 0 Å². The molecule has 0 saturated carbocycles. The van der Waals surface area contributed by atoms with Gasteiger partial charge in [-0.2, -0.15) is 15.3 Å². The number of fused-ring (bicyclic) bond motifs is 1. The third-order valence-corrected chi connectivity index (χ3v) is 2.85.